The third-order valence-corrected chi connectivity index (χ3v) is 3.84. The van der Waals surface area contributed by atoms with E-state index in [1.807, 2.05) is 24.0 Å². The van der Waals surface area contributed by atoms with Gasteiger partial charge in [-0.2, -0.15) is 11.8 Å². The highest BCUT2D eigenvalue weighted by atomic mass is 32.2. The van der Waals surface area contributed by atoms with Gasteiger partial charge >= 0.3 is 0 Å². The maximum absolute atomic E-state index is 4.49. The van der Waals surface area contributed by atoms with Crippen LogP contribution in [0.15, 0.2) is 36.5 Å². The van der Waals surface area contributed by atoms with Crippen LogP contribution in [0.1, 0.15) is 18.9 Å². The number of fused-ring (bicyclic) bond motifs is 1. The molecular weight excluding hydrogens is 240 g/mol. The third-order valence-electron chi connectivity index (χ3n) is 3.10. The Morgan fingerprint density at radius 1 is 1.33 bits per heavy atom. The molecule has 0 aliphatic rings. The molecule has 0 fully saturated rings. The largest absolute Gasteiger partial charge is 0.309 e. The molecular formula is C15H20N2S. The molecule has 96 valence electrons. The Morgan fingerprint density at radius 2 is 2.17 bits per heavy atom. The zero-order valence-corrected chi connectivity index (χ0v) is 11.8. The summed E-state index contributed by atoms with van der Waals surface area (Å²) >= 11 is 1.89. The SMILES string of the molecule is CCC(CSC)NCc1cnc2ccccc2c1. The van der Waals surface area contributed by atoms with E-state index in [1.165, 1.54) is 17.4 Å². The van der Waals surface area contributed by atoms with Crippen LogP contribution in [0.25, 0.3) is 10.9 Å². The number of aromatic nitrogens is 1. The van der Waals surface area contributed by atoms with Crippen LogP contribution >= 0.6 is 11.8 Å². The van der Waals surface area contributed by atoms with Gasteiger partial charge in [0.15, 0.2) is 0 Å². The number of nitrogens with zero attached hydrogens (tertiary/aromatic N) is 1. The van der Waals surface area contributed by atoms with Crippen molar-refractivity contribution in [3.05, 3.63) is 42.1 Å². The van der Waals surface area contributed by atoms with Gasteiger partial charge < -0.3 is 5.32 Å². The quantitative estimate of drug-likeness (QED) is 0.861. The number of pyridine rings is 1. The summed E-state index contributed by atoms with van der Waals surface area (Å²) in [6.45, 7) is 3.13. The summed E-state index contributed by atoms with van der Waals surface area (Å²) in [6.07, 6.45) is 5.30. The van der Waals surface area contributed by atoms with Crippen LogP contribution in [0.5, 0.6) is 0 Å². The number of hydrogen-bond donors (Lipinski definition) is 1. The van der Waals surface area contributed by atoms with Gasteiger partial charge in [0.1, 0.15) is 0 Å². The van der Waals surface area contributed by atoms with Gasteiger partial charge in [0.25, 0.3) is 0 Å². The first-order chi connectivity index (χ1) is 8.83. The van der Waals surface area contributed by atoms with Crippen molar-refractivity contribution in [2.45, 2.75) is 25.9 Å². The summed E-state index contributed by atoms with van der Waals surface area (Å²) in [5.41, 5.74) is 2.32. The molecule has 0 aliphatic heterocycles. The molecule has 1 atom stereocenters. The van der Waals surface area contributed by atoms with Crippen molar-refractivity contribution in [3.63, 3.8) is 0 Å². The minimum absolute atomic E-state index is 0.589. The molecule has 3 heteroatoms. The van der Waals surface area contributed by atoms with E-state index >= 15 is 0 Å². The molecule has 1 aromatic heterocycles. The molecule has 1 heterocycles. The van der Waals surface area contributed by atoms with Crippen LogP contribution in [0.4, 0.5) is 0 Å². The molecule has 0 spiro atoms. The first kappa shape index (κ1) is 13.4. The van der Waals surface area contributed by atoms with Gasteiger partial charge in [0.05, 0.1) is 5.52 Å². The van der Waals surface area contributed by atoms with Crippen molar-refractivity contribution in [1.29, 1.82) is 0 Å². The van der Waals surface area contributed by atoms with Crippen LogP contribution in [0.2, 0.25) is 0 Å². The van der Waals surface area contributed by atoms with Crippen LogP contribution < -0.4 is 5.32 Å². The molecule has 0 aliphatic carbocycles. The zero-order valence-electron chi connectivity index (χ0n) is 11.0. The summed E-state index contributed by atoms with van der Waals surface area (Å²) < 4.78 is 0. The van der Waals surface area contributed by atoms with E-state index in [1.54, 1.807) is 0 Å². The molecule has 18 heavy (non-hydrogen) atoms. The van der Waals surface area contributed by atoms with Gasteiger partial charge in [-0.1, -0.05) is 25.1 Å². The Morgan fingerprint density at radius 3 is 2.94 bits per heavy atom. The van der Waals surface area contributed by atoms with Crippen LogP contribution in [0.3, 0.4) is 0 Å². The molecule has 0 bridgehead atoms. The lowest BCUT2D eigenvalue weighted by Crippen LogP contribution is -2.30. The standard InChI is InChI=1S/C15H20N2S/c1-3-14(11-18-2)16-9-12-8-13-6-4-5-7-15(13)17-10-12/h4-8,10,14,16H,3,9,11H2,1-2H3. The van der Waals surface area contributed by atoms with E-state index in [0.717, 1.165) is 17.8 Å². The van der Waals surface area contributed by atoms with Gasteiger partial charge in [-0.15, -0.1) is 0 Å². The smallest absolute Gasteiger partial charge is 0.0702 e. The van der Waals surface area contributed by atoms with Crippen molar-refractivity contribution >= 4 is 22.7 Å². The third kappa shape index (κ3) is 3.47. The highest BCUT2D eigenvalue weighted by Gasteiger charge is 2.04. The van der Waals surface area contributed by atoms with Crippen molar-refractivity contribution in [2.75, 3.05) is 12.0 Å². The molecule has 1 unspecified atom stereocenters. The Labute approximate surface area is 113 Å². The van der Waals surface area contributed by atoms with Crippen LogP contribution in [0, 0.1) is 0 Å². The maximum atomic E-state index is 4.49. The van der Waals surface area contributed by atoms with Crippen LogP contribution in [-0.4, -0.2) is 23.0 Å². The fourth-order valence-corrected chi connectivity index (χ4v) is 2.75. The summed E-state index contributed by atoms with van der Waals surface area (Å²) in [5.74, 6) is 1.16. The Hall–Kier alpha value is -1.06. The fourth-order valence-electron chi connectivity index (χ4n) is 2.00. The number of nitrogens with one attached hydrogen (secondary N) is 1. The highest BCUT2D eigenvalue weighted by Crippen LogP contribution is 2.13. The number of benzene rings is 1. The first-order valence-electron chi connectivity index (χ1n) is 6.39. The second kappa shape index (κ2) is 6.76. The second-order valence-corrected chi connectivity index (χ2v) is 5.39. The number of thioether (sulfide) groups is 1. The number of hydrogen-bond acceptors (Lipinski definition) is 3. The van der Waals surface area contributed by atoms with Gasteiger partial charge in [-0.05, 0) is 30.4 Å². The Balaban J connectivity index is 2.03. The summed E-state index contributed by atoms with van der Waals surface area (Å²) in [6, 6.07) is 11.1. The average molecular weight is 260 g/mol. The van der Waals surface area contributed by atoms with Crippen molar-refractivity contribution in [2.24, 2.45) is 0 Å². The molecule has 0 saturated carbocycles. The van der Waals surface area contributed by atoms with Gasteiger partial charge in [-0.3, -0.25) is 4.98 Å². The van der Waals surface area contributed by atoms with E-state index in [9.17, 15) is 0 Å². The van der Waals surface area contributed by atoms with Crippen molar-refractivity contribution in [1.82, 2.24) is 10.3 Å². The zero-order chi connectivity index (χ0) is 12.8. The predicted octanol–water partition coefficient (Wildman–Crippen LogP) is 3.47. The molecule has 2 rings (SSSR count). The van der Waals surface area contributed by atoms with Crippen molar-refractivity contribution in [3.8, 4) is 0 Å². The summed E-state index contributed by atoms with van der Waals surface area (Å²) in [5, 5.41) is 4.81. The number of para-hydroxylation sites is 1. The summed E-state index contributed by atoms with van der Waals surface area (Å²) in [7, 11) is 0. The van der Waals surface area contributed by atoms with E-state index in [2.05, 4.69) is 47.7 Å². The minimum atomic E-state index is 0.589. The lowest BCUT2D eigenvalue weighted by molar-refractivity contribution is 0.541. The molecule has 2 nitrogen and oxygen atoms in total. The predicted molar refractivity (Wildman–Crippen MR) is 81.0 cm³/mol. The van der Waals surface area contributed by atoms with E-state index < -0.39 is 0 Å². The maximum Gasteiger partial charge on any atom is 0.0702 e. The van der Waals surface area contributed by atoms with Crippen LogP contribution in [-0.2, 0) is 6.54 Å². The van der Waals surface area contributed by atoms with Crippen molar-refractivity contribution < 1.29 is 0 Å². The molecule has 1 aromatic carbocycles. The first-order valence-corrected chi connectivity index (χ1v) is 7.79. The number of rotatable bonds is 6. The molecule has 0 saturated heterocycles. The topological polar surface area (TPSA) is 24.9 Å². The summed E-state index contributed by atoms with van der Waals surface area (Å²) in [4.78, 5) is 4.49. The van der Waals surface area contributed by atoms with Gasteiger partial charge in [0.2, 0.25) is 0 Å². The molecule has 1 N–H and O–H groups in total. The monoisotopic (exact) mass is 260 g/mol. The average Bonchev–Trinajstić information content (AvgIpc) is 2.43. The van der Waals surface area contributed by atoms with E-state index in [4.69, 9.17) is 0 Å². The Kier molecular flexibility index (Phi) is 5.02. The second-order valence-electron chi connectivity index (χ2n) is 4.48. The van der Waals surface area contributed by atoms with E-state index in [-0.39, 0.29) is 0 Å². The molecule has 2 aromatic rings. The minimum Gasteiger partial charge on any atom is -0.309 e. The van der Waals surface area contributed by atoms with E-state index in [0.29, 0.717) is 6.04 Å². The van der Waals surface area contributed by atoms with Gasteiger partial charge in [-0.25, -0.2) is 0 Å². The molecule has 0 radical (unpaired) electrons. The normalized spacial score (nSPS) is 12.8. The fraction of sp³-hybridized carbons (Fsp3) is 0.400. The lowest BCUT2D eigenvalue weighted by atomic mass is 10.1. The lowest BCUT2D eigenvalue weighted by Gasteiger charge is -2.15. The molecule has 0 amide bonds. The highest BCUT2D eigenvalue weighted by molar-refractivity contribution is 7.98. The van der Waals surface area contributed by atoms with Gasteiger partial charge in [0, 0.05) is 29.9 Å². The Bertz CT molecular complexity index is 499.